The number of hydrogen-bond donors (Lipinski definition) is 1. The molecule has 0 atom stereocenters. The fraction of sp³-hybridized carbons (Fsp3) is 0. The Morgan fingerprint density at radius 3 is 2.33 bits per heavy atom. The molecule has 0 saturated heterocycles. The summed E-state index contributed by atoms with van der Waals surface area (Å²) in [5.74, 6) is -0.151. The van der Waals surface area contributed by atoms with Gasteiger partial charge in [0.15, 0.2) is 5.75 Å². The first-order valence-corrected chi connectivity index (χ1v) is 5.98. The fourth-order valence-corrected chi connectivity index (χ4v) is 1.93. The highest BCUT2D eigenvalue weighted by molar-refractivity contribution is 6.35. The lowest BCUT2D eigenvalue weighted by molar-refractivity contribution is 0.479. The number of nitrogen functional groups attached to an aromatic ring is 1. The minimum absolute atomic E-state index is 0.0675. The van der Waals surface area contributed by atoms with E-state index in [2.05, 4.69) is 0 Å². The summed E-state index contributed by atoms with van der Waals surface area (Å²) in [6, 6.07) is 7.06. The van der Waals surface area contributed by atoms with Crippen molar-refractivity contribution in [2.45, 2.75) is 0 Å². The highest BCUT2D eigenvalue weighted by Gasteiger charge is 2.10. The number of halogens is 4. The van der Waals surface area contributed by atoms with E-state index in [0.29, 0.717) is 15.8 Å². The molecule has 2 N–H and O–H groups in total. The monoisotopic (exact) mass is 305 g/mol. The molecule has 0 aliphatic heterocycles. The van der Waals surface area contributed by atoms with Gasteiger partial charge in [0.05, 0.1) is 15.7 Å². The Morgan fingerprint density at radius 2 is 1.67 bits per heavy atom. The molecular weight excluding hydrogens is 299 g/mol. The summed E-state index contributed by atoms with van der Waals surface area (Å²) in [5.41, 5.74) is 5.89. The highest BCUT2D eigenvalue weighted by Crippen LogP contribution is 2.35. The van der Waals surface area contributed by atoms with E-state index in [1.807, 2.05) is 0 Å². The van der Waals surface area contributed by atoms with Crippen LogP contribution in [0.1, 0.15) is 0 Å². The van der Waals surface area contributed by atoms with Crippen LogP contribution in [0.4, 0.5) is 10.1 Å². The standard InChI is InChI=1S/C12H7Cl3FNO/c13-6-1-2-11(8(15)3-6)18-12-5-9(16)7(14)4-10(12)17/h1-5H,17H2. The average Bonchev–Trinajstić information content (AvgIpc) is 2.29. The lowest BCUT2D eigenvalue weighted by Crippen LogP contribution is -1.94. The Bertz CT molecular complexity index is 604. The highest BCUT2D eigenvalue weighted by atomic mass is 35.5. The Morgan fingerprint density at radius 1 is 0.944 bits per heavy atom. The van der Waals surface area contributed by atoms with E-state index in [9.17, 15) is 4.39 Å². The third kappa shape index (κ3) is 2.80. The maximum atomic E-state index is 13.3. The summed E-state index contributed by atoms with van der Waals surface area (Å²) in [7, 11) is 0. The van der Waals surface area contributed by atoms with Crippen molar-refractivity contribution in [3.05, 3.63) is 51.2 Å². The second-order valence-corrected chi connectivity index (χ2v) is 4.73. The first kappa shape index (κ1) is 13.3. The van der Waals surface area contributed by atoms with E-state index >= 15 is 0 Å². The zero-order valence-electron chi connectivity index (χ0n) is 8.88. The second kappa shape index (κ2) is 5.22. The van der Waals surface area contributed by atoms with Crippen LogP contribution in [0.25, 0.3) is 0 Å². The van der Waals surface area contributed by atoms with Crippen molar-refractivity contribution < 1.29 is 9.13 Å². The van der Waals surface area contributed by atoms with Crippen molar-refractivity contribution in [2.75, 3.05) is 5.73 Å². The molecule has 0 aromatic heterocycles. The summed E-state index contributed by atoms with van der Waals surface area (Å²) in [6.07, 6.45) is 0. The van der Waals surface area contributed by atoms with Gasteiger partial charge in [0.25, 0.3) is 0 Å². The van der Waals surface area contributed by atoms with E-state index in [1.54, 1.807) is 12.1 Å². The zero-order chi connectivity index (χ0) is 13.3. The van der Waals surface area contributed by atoms with E-state index in [4.69, 9.17) is 45.3 Å². The SMILES string of the molecule is Nc1cc(Cl)c(F)cc1Oc1ccc(Cl)cc1Cl. The normalized spacial score (nSPS) is 10.4. The predicted molar refractivity (Wildman–Crippen MR) is 72.4 cm³/mol. The molecule has 0 spiro atoms. The van der Waals surface area contributed by atoms with Crippen molar-refractivity contribution in [3.63, 3.8) is 0 Å². The largest absolute Gasteiger partial charge is 0.454 e. The quantitative estimate of drug-likeness (QED) is 0.778. The van der Waals surface area contributed by atoms with Crippen LogP contribution >= 0.6 is 34.8 Å². The number of anilines is 1. The maximum Gasteiger partial charge on any atom is 0.153 e. The van der Waals surface area contributed by atoms with Crippen LogP contribution in [-0.4, -0.2) is 0 Å². The molecule has 2 aromatic rings. The smallest absolute Gasteiger partial charge is 0.153 e. The Balaban J connectivity index is 2.37. The van der Waals surface area contributed by atoms with Crippen LogP contribution in [0.3, 0.4) is 0 Å². The molecule has 2 rings (SSSR count). The first-order valence-electron chi connectivity index (χ1n) is 4.85. The molecule has 0 bridgehead atoms. The van der Waals surface area contributed by atoms with Gasteiger partial charge in [0.1, 0.15) is 11.6 Å². The Labute approximate surface area is 118 Å². The molecule has 0 unspecified atom stereocenters. The van der Waals surface area contributed by atoms with E-state index in [1.165, 1.54) is 12.1 Å². The number of hydrogen-bond acceptors (Lipinski definition) is 2. The molecule has 94 valence electrons. The number of nitrogens with two attached hydrogens (primary N) is 1. The molecule has 18 heavy (non-hydrogen) atoms. The van der Waals surface area contributed by atoms with Gasteiger partial charge in [0.2, 0.25) is 0 Å². The molecule has 0 fully saturated rings. The van der Waals surface area contributed by atoms with Gasteiger partial charge in [-0.25, -0.2) is 4.39 Å². The molecular formula is C12H7Cl3FNO. The Kier molecular flexibility index (Phi) is 3.85. The minimum atomic E-state index is -0.619. The molecule has 2 aromatic carbocycles. The van der Waals surface area contributed by atoms with Crippen molar-refractivity contribution in [1.29, 1.82) is 0 Å². The van der Waals surface area contributed by atoms with Crippen LogP contribution in [0.15, 0.2) is 30.3 Å². The molecule has 0 saturated carbocycles. The van der Waals surface area contributed by atoms with Gasteiger partial charge in [-0.3, -0.25) is 0 Å². The van der Waals surface area contributed by atoms with Crippen LogP contribution in [0.5, 0.6) is 11.5 Å². The van der Waals surface area contributed by atoms with Gasteiger partial charge >= 0.3 is 0 Å². The second-order valence-electron chi connectivity index (χ2n) is 3.48. The van der Waals surface area contributed by atoms with Gasteiger partial charge in [-0.2, -0.15) is 0 Å². The summed E-state index contributed by atoms with van der Waals surface area (Å²) >= 11 is 17.3. The number of ether oxygens (including phenoxy) is 1. The Hall–Kier alpha value is -1.16. The third-order valence-electron chi connectivity index (χ3n) is 2.17. The average molecular weight is 307 g/mol. The molecule has 0 aliphatic rings. The molecule has 0 aliphatic carbocycles. The third-order valence-corrected chi connectivity index (χ3v) is 2.99. The van der Waals surface area contributed by atoms with Gasteiger partial charge < -0.3 is 10.5 Å². The van der Waals surface area contributed by atoms with Crippen LogP contribution in [0, 0.1) is 5.82 Å². The van der Waals surface area contributed by atoms with E-state index < -0.39 is 5.82 Å². The molecule has 6 heteroatoms. The minimum Gasteiger partial charge on any atom is -0.454 e. The summed E-state index contributed by atoms with van der Waals surface area (Å²) < 4.78 is 18.7. The molecule has 0 radical (unpaired) electrons. The van der Waals surface area contributed by atoms with Crippen LogP contribution in [0.2, 0.25) is 15.1 Å². The summed E-state index contributed by atoms with van der Waals surface area (Å²) in [4.78, 5) is 0. The van der Waals surface area contributed by atoms with E-state index in [0.717, 1.165) is 6.07 Å². The topological polar surface area (TPSA) is 35.2 Å². The summed E-state index contributed by atoms with van der Waals surface area (Å²) in [6.45, 7) is 0. The van der Waals surface area contributed by atoms with Crippen LogP contribution in [-0.2, 0) is 0 Å². The van der Waals surface area contributed by atoms with Gasteiger partial charge in [-0.15, -0.1) is 0 Å². The van der Waals surface area contributed by atoms with Crippen molar-refractivity contribution in [2.24, 2.45) is 0 Å². The molecule has 0 heterocycles. The van der Waals surface area contributed by atoms with Crippen molar-refractivity contribution >= 4 is 40.5 Å². The van der Waals surface area contributed by atoms with Gasteiger partial charge in [-0.05, 0) is 24.3 Å². The number of benzene rings is 2. The fourth-order valence-electron chi connectivity index (χ4n) is 1.31. The lowest BCUT2D eigenvalue weighted by atomic mass is 10.3. The van der Waals surface area contributed by atoms with Gasteiger partial charge in [-0.1, -0.05) is 34.8 Å². The van der Waals surface area contributed by atoms with Crippen molar-refractivity contribution in [1.82, 2.24) is 0 Å². The summed E-state index contributed by atoms with van der Waals surface area (Å²) in [5, 5.41) is 0.710. The van der Waals surface area contributed by atoms with Crippen molar-refractivity contribution in [3.8, 4) is 11.5 Å². The number of rotatable bonds is 2. The zero-order valence-corrected chi connectivity index (χ0v) is 11.2. The lowest BCUT2D eigenvalue weighted by Gasteiger charge is -2.10. The molecule has 0 amide bonds. The van der Waals surface area contributed by atoms with E-state index in [-0.39, 0.29) is 16.5 Å². The van der Waals surface area contributed by atoms with Crippen LogP contribution < -0.4 is 10.5 Å². The van der Waals surface area contributed by atoms with Gasteiger partial charge in [0, 0.05) is 11.1 Å². The first-order chi connectivity index (χ1) is 8.47. The predicted octanol–water partition coefficient (Wildman–Crippen LogP) is 5.16. The maximum absolute atomic E-state index is 13.3. The molecule has 2 nitrogen and oxygen atoms in total.